The Hall–Kier alpha value is -2.11. The van der Waals surface area contributed by atoms with Crippen molar-refractivity contribution >= 4 is 35.0 Å². The molecule has 6 heteroatoms. The van der Waals surface area contributed by atoms with Crippen molar-refractivity contribution in [3.05, 3.63) is 70.2 Å². The van der Waals surface area contributed by atoms with E-state index in [2.05, 4.69) is 28.7 Å². The summed E-state index contributed by atoms with van der Waals surface area (Å²) >= 11 is 8.22. The van der Waals surface area contributed by atoms with E-state index < -0.39 is 0 Å². The van der Waals surface area contributed by atoms with Crippen LogP contribution in [0.2, 0.25) is 5.02 Å². The first-order chi connectivity index (χ1) is 18.2. The van der Waals surface area contributed by atoms with E-state index in [-0.39, 0.29) is 5.91 Å². The highest BCUT2D eigenvalue weighted by Gasteiger charge is 2.11. The minimum absolute atomic E-state index is 0.171. The topological polar surface area (TPSA) is 41.6 Å². The molecule has 1 aliphatic heterocycles. The number of nitrogens with one attached hydrogen (secondary N) is 1. The second-order valence-corrected chi connectivity index (χ2v) is 11.1. The van der Waals surface area contributed by atoms with E-state index in [1.807, 2.05) is 36.4 Å². The Kier molecular flexibility index (Phi) is 13.9. The number of carbonyl (C=O) groups excluding carboxylic acids is 1. The van der Waals surface area contributed by atoms with Crippen molar-refractivity contribution in [2.24, 2.45) is 0 Å². The molecule has 1 amide bonds. The Bertz CT molecular complexity index is 964. The van der Waals surface area contributed by atoms with Crippen molar-refractivity contribution in [1.29, 1.82) is 0 Å². The summed E-state index contributed by atoms with van der Waals surface area (Å²) in [6, 6.07) is 13.2. The molecular weight excluding hydrogens is 500 g/mol. The number of anilines is 1. The summed E-state index contributed by atoms with van der Waals surface area (Å²) < 4.78 is 5.88. The molecule has 0 saturated heterocycles. The monoisotopic (exact) mass is 542 g/mol. The lowest BCUT2D eigenvalue weighted by Gasteiger charge is -2.14. The fourth-order valence-corrected chi connectivity index (χ4v) is 5.35. The molecule has 0 bridgehead atoms. The summed E-state index contributed by atoms with van der Waals surface area (Å²) in [4.78, 5) is 14.9. The third kappa shape index (κ3) is 11.4. The third-order valence-corrected chi connectivity index (χ3v) is 7.77. The molecule has 0 aromatic heterocycles. The van der Waals surface area contributed by atoms with Crippen LogP contribution >= 0.6 is 23.4 Å². The summed E-state index contributed by atoms with van der Waals surface area (Å²) in [5.74, 6) is 1.54. The lowest BCUT2D eigenvalue weighted by atomic mass is 10.1. The highest BCUT2D eigenvalue weighted by atomic mass is 35.5. The Balaban J connectivity index is 1.28. The first-order valence-corrected chi connectivity index (χ1v) is 15.4. The van der Waals surface area contributed by atoms with Gasteiger partial charge in [0.1, 0.15) is 5.75 Å². The Morgan fingerprint density at radius 1 is 0.919 bits per heavy atom. The molecule has 2 aromatic rings. The zero-order valence-electron chi connectivity index (χ0n) is 22.4. The van der Waals surface area contributed by atoms with Crippen LogP contribution in [-0.4, -0.2) is 23.3 Å². The number of halogens is 1. The van der Waals surface area contributed by atoms with Crippen LogP contribution in [0.1, 0.15) is 99.9 Å². The van der Waals surface area contributed by atoms with Crippen molar-refractivity contribution in [2.75, 3.05) is 17.8 Å². The van der Waals surface area contributed by atoms with Gasteiger partial charge in [0.2, 0.25) is 0 Å². The minimum atomic E-state index is -0.171. The molecule has 0 saturated carbocycles. The normalized spacial score (nSPS) is 12.8. The molecule has 37 heavy (non-hydrogen) atoms. The number of amides is 1. The smallest absolute Gasteiger partial charge is 0.255 e. The van der Waals surface area contributed by atoms with Crippen molar-refractivity contribution in [2.45, 2.75) is 90.5 Å². The largest absolute Gasteiger partial charge is 0.494 e. The lowest BCUT2D eigenvalue weighted by molar-refractivity contribution is 0.102. The average molecular weight is 543 g/mol. The number of rotatable bonds is 18. The van der Waals surface area contributed by atoms with Crippen LogP contribution in [-0.2, 0) is 6.54 Å². The van der Waals surface area contributed by atoms with Crippen molar-refractivity contribution in [3.8, 4) is 5.75 Å². The quantitative estimate of drug-likeness (QED) is 0.190. The zero-order valence-corrected chi connectivity index (χ0v) is 23.9. The minimum Gasteiger partial charge on any atom is -0.494 e. The Morgan fingerprint density at radius 2 is 1.57 bits per heavy atom. The highest BCUT2D eigenvalue weighted by Crippen LogP contribution is 2.28. The van der Waals surface area contributed by atoms with Gasteiger partial charge in [-0.05, 0) is 41.7 Å². The number of hydrogen-bond donors (Lipinski definition) is 1. The summed E-state index contributed by atoms with van der Waals surface area (Å²) in [7, 11) is 0. The summed E-state index contributed by atoms with van der Waals surface area (Å²) in [5, 5.41) is 5.49. The van der Waals surface area contributed by atoms with Crippen LogP contribution in [0.15, 0.2) is 54.1 Å². The second kappa shape index (κ2) is 17.4. The molecule has 1 N–H and O–H groups in total. The SMILES string of the molecule is CCCCCCCCCCCCCCOc1ccc(NC(=O)c2ccc(CN3C=CSC3)cc2)c(Cl)c1. The fraction of sp³-hybridized carbons (Fsp3) is 0.516. The van der Waals surface area contributed by atoms with Gasteiger partial charge in [-0.15, -0.1) is 11.8 Å². The lowest BCUT2D eigenvalue weighted by Crippen LogP contribution is -2.14. The Labute approximate surface area is 233 Å². The summed E-state index contributed by atoms with van der Waals surface area (Å²) in [6.07, 6.45) is 18.0. The van der Waals surface area contributed by atoms with Crippen molar-refractivity contribution in [1.82, 2.24) is 4.90 Å². The van der Waals surface area contributed by atoms with Gasteiger partial charge in [-0.1, -0.05) is 101 Å². The van der Waals surface area contributed by atoms with Gasteiger partial charge in [-0.2, -0.15) is 0 Å². The number of carbonyl (C=O) groups is 1. The third-order valence-electron chi connectivity index (χ3n) is 6.67. The van der Waals surface area contributed by atoms with E-state index in [4.69, 9.17) is 16.3 Å². The number of unbranched alkanes of at least 4 members (excludes halogenated alkanes) is 11. The number of thioether (sulfide) groups is 1. The molecule has 3 rings (SSSR count). The molecule has 1 heterocycles. The van der Waals surface area contributed by atoms with Gasteiger partial charge in [0.25, 0.3) is 5.91 Å². The van der Waals surface area contributed by atoms with Crippen LogP contribution in [0.3, 0.4) is 0 Å². The summed E-state index contributed by atoms with van der Waals surface area (Å²) in [6.45, 7) is 3.81. The van der Waals surface area contributed by atoms with Crippen LogP contribution < -0.4 is 10.1 Å². The second-order valence-electron chi connectivity index (χ2n) is 9.86. The first-order valence-electron chi connectivity index (χ1n) is 14.0. The molecule has 2 aromatic carbocycles. The molecule has 1 aliphatic rings. The average Bonchev–Trinajstić information content (AvgIpc) is 3.42. The maximum absolute atomic E-state index is 12.7. The van der Waals surface area contributed by atoms with Crippen LogP contribution in [0.5, 0.6) is 5.75 Å². The number of hydrogen-bond acceptors (Lipinski definition) is 4. The molecule has 0 aliphatic carbocycles. The predicted octanol–water partition coefficient (Wildman–Crippen LogP) is 9.65. The predicted molar refractivity (Wildman–Crippen MR) is 160 cm³/mol. The van der Waals surface area contributed by atoms with Gasteiger partial charge in [-0.3, -0.25) is 4.79 Å². The van der Waals surface area contributed by atoms with E-state index >= 15 is 0 Å². The fourth-order valence-electron chi connectivity index (χ4n) is 4.42. The molecular formula is C31H43ClN2O2S. The molecule has 0 atom stereocenters. The van der Waals surface area contributed by atoms with Gasteiger partial charge >= 0.3 is 0 Å². The zero-order chi connectivity index (χ0) is 26.1. The van der Waals surface area contributed by atoms with E-state index in [0.29, 0.717) is 22.9 Å². The van der Waals surface area contributed by atoms with E-state index in [9.17, 15) is 4.79 Å². The van der Waals surface area contributed by atoms with Gasteiger partial charge in [-0.25, -0.2) is 0 Å². The molecule has 202 valence electrons. The molecule has 0 unspecified atom stereocenters. The maximum Gasteiger partial charge on any atom is 0.255 e. The van der Waals surface area contributed by atoms with Crippen LogP contribution in [0.25, 0.3) is 0 Å². The molecule has 4 nitrogen and oxygen atoms in total. The number of benzene rings is 2. The standard InChI is InChI=1S/C31H43ClN2O2S/c1-2-3-4-5-6-7-8-9-10-11-12-13-21-36-28-18-19-30(29(32)23-28)33-31(35)27-16-14-26(15-17-27)24-34-20-22-37-25-34/h14-20,22-23H,2-13,21,24-25H2,1H3,(H,33,35). The first kappa shape index (κ1) is 29.4. The van der Waals surface area contributed by atoms with Gasteiger partial charge in [0, 0.05) is 24.4 Å². The van der Waals surface area contributed by atoms with Gasteiger partial charge < -0.3 is 15.0 Å². The van der Waals surface area contributed by atoms with E-state index in [0.717, 1.165) is 24.6 Å². The molecule has 0 fully saturated rings. The van der Waals surface area contributed by atoms with Crippen molar-refractivity contribution in [3.63, 3.8) is 0 Å². The van der Waals surface area contributed by atoms with Gasteiger partial charge in [0.15, 0.2) is 0 Å². The number of ether oxygens (including phenoxy) is 1. The van der Waals surface area contributed by atoms with E-state index in [1.165, 1.54) is 76.2 Å². The number of nitrogens with zero attached hydrogens (tertiary/aromatic N) is 1. The van der Waals surface area contributed by atoms with Gasteiger partial charge in [0.05, 0.1) is 23.2 Å². The Morgan fingerprint density at radius 3 is 2.16 bits per heavy atom. The maximum atomic E-state index is 12.7. The van der Waals surface area contributed by atoms with Crippen molar-refractivity contribution < 1.29 is 9.53 Å². The van der Waals surface area contributed by atoms with E-state index in [1.54, 1.807) is 17.8 Å². The molecule has 0 radical (unpaired) electrons. The van der Waals surface area contributed by atoms with Crippen LogP contribution in [0, 0.1) is 0 Å². The highest BCUT2D eigenvalue weighted by molar-refractivity contribution is 8.02. The molecule has 0 spiro atoms. The summed E-state index contributed by atoms with van der Waals surface area (Å²) in [5.41, 5.74) is 2.38. The van der Waals surface area contributed by atoms with Crippen LogP contribution in [0.4, 0.5) is 5.69 Å².